The van der Waals surface area contributed by atoms with Gasteiger partial charge in [0.25, 0.3) is 5.91 Å². The Bertz CT molecular complexity index is 1200. The minimum absolute atomic E-state index is 0.0586. The number of amides is 1. The number of nitrogens with one attached hydrogen (secondary N) is 1. The molecule has 1 amide bonds. The van der Waals surface area contributed by atoms with Gasteiger partial charge in [0.1, 0.15) is 12.3 Å². The third-order valence-electron chi connectivity index (χ3n) is 7.96. The van der Waals surface area contributed by atoms with E-state index in [4.69, 9.17) is 4.74 Å². The van der Waals surface area contributed by atoms with Crippen LogP contribution in [0.3, 0.4) is 0 Å². The van der Waals surface area contributed by atoms with Crippen LogP contribution < -0.4 is 5.32 Å². The average Bonchev–Trinajstić information content (AvgIpc) is 2.94. The van der Waals surface area contributed by atoms with Crippen molar-refractivity contribution in [3.63, 3.8) is 0 Å². The van der Waals surface area contributed by atoms with Crippen molar-refractivity contribution in [2.75, 3.05) is 32.7 Å². The maximum atomic E-state index is 13.6. The lowest BCUT2D eigenvalue weighted by Gasteiger charge is -2.52. The topological polar surface area (TPSA) is 95.9 Å². The Morgan fingerprint density at radius 2 is 1.54 bits per heavy atom. The van der Waals surface area contributed by atoms with Crippen molar-refractivity contribution in [3.05, 3.63) is 102 Å². The predicted molar refractivity (Wildman–Crippen MR) is 139 cm³/mol. The number of rotatable bonds is 8. The molecule has 0 radical (unpaired) electrons. The molecule has 0 aromatic heterocycles. The van der Waals surface area contributed by atoms with Gasteiger partial charge in [0.15, 0.2) is 6.10 Å². The molecule has 0 spiro atoms. The first-order valence-electron chi connectivity index (χ1n) is 12.9. The van der Waals surface area contributed by atoms with Crippen LogP contribution in [0.4, 0.5) is 0 Å². The zero-order chi connectivity index (χ0) is 25.9. The molecule has 1 atom stereocenters. The second kappa shape index (κ2) is 10.4. The first-order chi connectivity index (χ1) is 17.9. The van der Waals surface area contributed by atoms with Crippen LogP contribution in [0.1, 0.15) is 34.3 Å². The first-order valence-corrected chi connectivity index (χ1v) is 12.9. The molecule has 3 aromatic rings. The fraction of sp³-hybridized carbons (Fsp3) is 0.333. The number of aliphatic hydroxyl groups is 1. The summed E-state index contributed by atoms with van der Waals surface area (Å²) in [5, 5.41) is 24.4. The van der Waals surface area contributed by atoms with Crippen LogP contribution in [0, 0.1) is 5.92 Å². The molecule has 3 aromatic carbocycles. The molecular weight excluding hydrogens is 468 g/mol. The van der Waals surface area contributed by atoms with E-state index in [1.807, 2.05) is 12.1 Å². The molecule has 0 aliphatic carbocycles. The highest BCUT2D eigenvalue weighted by Gasteiger charge is 2.50. The van der Waals surface area contributed by atoms with E-state index in [1.54, 1.807) is 60.7 Å². The molecule has 0 saturated carbocycles. The van der Waals surface area contributed by atoms with Gasteiger partial charge in [0, 0.05) is 24.3 Å². The number of hydrogen-bond acceptors (Lipinski definition) is 5. The van der Waals surface area contributed by atoms with E-state index in [1.165, 1.54) is 12.1 Å². The Morgan fingerprint density at radius 3 is 2.14 bits per heavy atom. The van der Waals surface area contributed by atoms with Crippen LogP contribution in [-0.4, -0.2) is 65.4 Å². The summed E-state index contributed by atoms with van der Waals surface area (Å²) in [6.45, 7) is 3.83. The molecular formula is C30H33N2O5+. The average molecular weight is 502 g/mol. The smallest absolute Gasteiger partial charge is 0.348 e. The molecule has 2 bridgehead atoms. The number of phenolic OH excluding ortho intramolecular Hbond substituents is 1. The summed E-state index contributed by atoms with van der Waals surface area (Å²) in [5.74, 6) is -0.552. The van der Waals surface area contributed by atoms with Gasteiger partial charge < -0.3 is 24.7 Å². The molecule has 6 rings (SSSR count). The van der Waals surface area contributed by atoms with Crippen molar-refractivity contribution >= 4 is 11.9 Å². The van der Waals surface area contributed by atoms with Gasteiger partial charge in [0.2, 0.25) is 5.60 Å². The zero-order valence-corrected chi connectivity index (χ0v) is 20.8. The lowest BCUT2D eigenvalue weighted by Crippen LogP contribution is -2.66. The van der Waals surface area contributed by atoms with Crippen molar-refractivity contribution < 1.29 is 29.0 Å². The maximum absolute atomic E-state index is 13.6. The number of esters is 1. The second-order valence-corrected chi connectivity index (χ2v) is 10.2. The van der Waals surface area contributed by atoms with Gasteiger partial charge in [-0.15, -0.1) is 0 Å². The van der Waals surface area contributed by atoms with E-state index in [2.05, 4.69) is 5.32 Å². The van der Waals surface area contributed by atoms with E-state index in [0.29, 0.717) is 29.8 Å². The third-order valence-corrected chi connectivity index (χ3v) is 7.96. The van der Waals surface area contributed by atoms with E-state index in [-0.39, 0.29) is 23.7 Å². The zero-order valence-electron chi connectivity index (χ0n) is 20.8. The monoisotopic (exact) mass is 501 g/mol. The number of piperidine rings is 3. The van der Waals surface area contributed by atoms with Crippen LogP contribution in [-0.2, 0) is 15.1 Å². The number of hydrogen-bond donors (Lipinski definition) is 3. The number of quaternary nitrogens is 1. The molecule has 3 N–H and O–H groups in total. The Labute approximate surface area is 216 Å². The number of carbonyl (C=O) groups excluding carboxylic acids is 2. The van der Waals surface area contributed by atoms with Crippen molar-refractivity contribution in [3.8, 4) is 5.75 Å². The number of fused-ring (bicyclic) bond motifs is 3. The van der Waals surface area contributed by atoms with Gasteiger partial charge in [-0.3, -0.25) is 4.79 Å². The van der Waals surface area contributed by atoms with E-state index >= 15 is 0 Å². The van der Waals surface area contributed by atoms with Gasteiger partial charge >= 0.3 is 5.97 Å². The summed E-state index contributed by atoms with van der Waals surface area (Å²) >= 11 is 0. The summed E-state index contributed by atoms with van der Waals surface area (Å²) in [7, 11) is 0. The maximum Gasteiger partial charge on any atom is 0.348 e. The quantitative estimate of drug-likeness (QED) is 0.325. The predicted octanol–water partition coefficient (Wildman–Crippen LogP) is 3.21. The van der Waals surface area contributed by atoms with E-state index in [9.17, 15) is 19.8 Å². The molecule has 3 aliphatic rings. The standard InChI is InChI=1S/C30H32N2O5/c33-26-13-7-8-23(20-26)28(34)31-16-19-32-17-14-22(15-18-32)27(21-32)37-29(35)30(36,24-9-3-1-4-10-24)25-11-5-2-6-12-25/h1-13,20,22,27,36H,14-19,21H2,(H-,31,33,34)/p+1/t22?,27-,32?/m0/s1. The van der Waals surface area contributed by atoms with E-state index < -0.39 is 11.6 Å². The van der Waals surface area contributed by atoms with Gasteiger partial charge in [0.05, 0.1) is 26.2 Å². The number of benzene rings is 3. The normalized spacial score (nSPS) is 22.8. The Hall–Kier alpha value is -3.68. The van der Waals surface area contributed by atoms with Crippen molar-refractivity contribution in [2.24, 2.45) is 5.92 Å². The number of ether oxygens (including phenoxy) is 1. The highest BCUT2D eigenvalue weighted by atomic mass is 16.6. The number of phenols is 1. The molecule has 192 valence electrons. The summed E-state index contributed by atoms with van der Waals surface area (Å²) in [6, 6.07) is 24.2. The number of carbonyl (C=O) groups is 2. The highest BCUT2D eigenvalue weighted by Crippen LogP contribution is 2.38. The van der Waals surface area contributed by atoms with Gasteiger partial charge in [-0.05, 0) is 29.3 Å². The minimum atomic E-state index is -1.89. The Morgan fingerprint density at radius 1 is 0.919 bits per heavy atom. The van der Waals surface area contributed by atoms with Crippen molar-refractivity contribution in [2.45, 2.75) is 24.5 Å². The molecule has 3 heterocycles. The van der Waals surface area contributed by atoms with Crippen molar-refractivity contribution in [1.29, 1.82) is 0 Å². The van der Waals surface area contributed by atoms with Crippen LogP contribution in [0.2, 0.25) is 0 Å². The molecule has 37 heavy (non-hydrogen) atoms. The SMILES string of the molecule is O=C(NCC[N+]12CCC(CC1)[C@@H](OC(=O)C(O)(c1ccccc1)c1ccccc1)C2)c1cccc(O)c1. The van der Waals surface area contributed by atoms with Gasteiger partial charge in [-0.1, -0.05) is 66.7 Å². The van der Waals surface area contributed by atoms with Crippen LogP contribution in [0.5, 0.6) is 5.75 Å². The second-order valence-electron chi connectivity index (χ2n) is 10.2. The summed E-state index contributed by atoms with van der Waals surface area (Å²) in [5.41, 5.74) is -0.517. The highest BCUT2D eigenvalue weighted by molar-refractivity contribution is 5.94. The lowest BCUT2D eigenvalue weighted by atomic mass is 9.82. The van der Waals surface area contributed by atoms with Crippen LogP contribution in [0.15, 0.2) is 84.9 Å². The molecule has 0 unspecified atom stereocenters. The molecule has 7 nitrogen and oxygen atoms in total. The van der Waals surface area contributed by atoms with Gasteiger partial charge in [-0.25, -0.2) is 4.79 Å². The summed E-state index contributed by atoms with van der Waals surface area (Å²) < 4.78 is 6.88. The molecule has 3 saturated heterocycles. The van der Waals surface area contributed by atoms with Gasteiger partial charge in [-0.2, -0.15) is 0 Å². The van der Waals surface area contributed by atoms with E-state index in [0.717, 1.165) is 37.0 Å². The number of aromatic hydroxyl groups is 1. The van der Waals surface area contributed by atoms with Crippen molar-refractivity contribution in [1.82, 2.24) is 5.32 Å². The molecule has 7 heteroatoms. The lowest BCUT2D eigenvalue weighted by molar-refractivity contribution is -0.945. The molecule has 3 aliphatic heterocycles. The van der Waals surface area contributed by atoms with Crippen LogP contribution in [0.25, 0.3) is 0 Å². The van der Waals surface area contributed by atoms with Crippen LogP contribution >= 0.6 is 0 Å². The largest absolute Gasteiger partial charge is 0.508 e. The minimum Gasteiger partial charge on any atom is -0.508 e. The first kappa shape index (κ1) is 25.0. The fourth-order valence-corrected chi connectivity index (χ4v) is 5.81. The Kier molecular flexibility index (Phi) is 7.00. The third kappa shape index (κ3) is 5.10. The Balaban J connectivity index is 1.27. The summed E-state index contributed by atoms with van der Waals surface area (Å²) in [4.78, 5) is 26.2. The summed E-state index contributed by atoms with van der Waals surface area (Å²) in [6.07, 6.45) is 1.58. The fourth-order valence-electron chi connectivity index (χ4n) is 5.81. The molecule has 3 fully saturated rings. The number of nitrogens with zero attached hydrogens (tertiary/aromatic N) is 1.